The molecule has 2 heterocycles. The minimum Gasteiger partial charge on any atom is -0.379 e. The van der Waals surface area contributed by atoms with E-state index >= 15 is 0 Å². The van der Waals surface area contributed by atoms with Crippen LogP contribution in [0.25, 0.3) is 0 Å². The van der Waals surface area contributed by atoms with E-state index in [-0.39, 0.29) is 60.3 Å². The van der Waals surface area contributed by atoms with E-state index < -0.39 is 35.6 Å². The summed E-state index contributed by atoms with van der Waals surface area (Å²) in [6.07, 6.45) is 5.01. The number of likely N-dealkylation sites (tertiary alicyclic amines) is 1. The van der Waals surface area contributed by atoms with Crippen LogP contribution < -0.4 is 11.1 Å². The van der Waals surface area contributed by atoms with Gasteiger partial charge in [-0.1, -0.05) is 71.4 Å². The highest BCUT2D eigenvalue weighted by Crippen LogP contribution is 2.37. The number of hydrogen-bond acceptors (Lipinski definition) is 9. The molecular formula is C40H61N5O6S. The number of hydrogen-bond donors (Lipinski definition) is 2. The number of thiazole rings is 1. The number of carbonyl (C=O) groups excluding carboxylic acids is 4. The van der Waals surface area contributed by atoms with Crippen molar-refractivity contribution in [2.75, 3.05) is 27.8 Å². The highest BCUT2D eigenvalue weighted by atomic mass is 32.1. The Hall–Kier alpha value is -3.19. The molecule has 0 bridgehead atoms. The molecule has 2 aromatic rings. The summed E-state index contributed by atoms with van der Waals surface area (Å²) in [5.74, 6) is -1.55. The van der Waals surface area contributed by atoms with Crippen LogP contribution in [0.15, 0.2) is 41.9 Å². The lowest BCUT2D eigenvalue weighted by atomic mass is 9.85. The number of nitrogens with zero attached hydrogens (tertiary/aromatic N) is 3. The molecule has 1 aliphatic heterocycles. The summed E-state index contributed by atoms with van der Waals surface area (Å²) >= 11 is 1.51. The van der Waals surface area contributed by atoms with Crippen LogP contribution in [0, 0.1) is 23.7 Å². The Morgan fingerprint density at radius 1 is 1.08 bits per heavy atom. The smallest absolute Gasteiger partial charge is 0.226 e. The van der Waals surface area contributed by atoms with Crippen LogP contribution in [0.2, 0.25) is 0 Å². The molecule has 1 saturated carbocycles. The first-order valence-corrected chi connectivity index (χ1v) is 19.8. The van der Waals surface area contributed by atoms with Crippen LogP contribution >= 0.6 is 11.3 Å². The zero-order valence-electron chi connectivity index (χ0n) is 32.4. The monoisotopic (exact) mass is 739 g/mol. The third-order valence-electron chi connectivity index (χ3n) is 11.5. The molecule has 8 unspecified atom stereocenters. The molecule has 0 radical (unpaired) electrons. The number of methoxy groups -OCH3 is 2. The lowest BCUT2D eigenvalue weighted by molar-refractivity contribution is -0.149. The van der Waals surface area contributed by atoms with Gasteiger partial charge in [-0.05, 0) is 49.5 Å². The van der Waals surface area contributed by atoms with E-state index in [2.05, 4.69) is 24.1 Å². The standard InChI is InChI=1S/C40H61N5O6S/c1-9-26(4)35(44(6)39(49)29(25(2)3)23-33(46)40(41)17-18-40)32(50-7)24-34(47)45-20-13-16-31(45)36(51-8)27(5)37(48)43-30(38-42-19-21-52-38)22-28-14-11-10-12-15-28/h10-12,14-15,19,21,25-27,29-32,35-36H,9,13,16-18,20,22-24,41H2,1-8H3,(H,43,48). The number of likely N-dealkylation sites (N-methyl/N-ethyl adjacent to an activating group) is 1. The molecule has 1 aliphatic carbocycles. The van der Waals surface area contributed by atoms with Crippen LogP contribution in [0.5, 0.6) is 0 Å². The number of nitrogens with two attached hydrogens (primary N) is 1. The Bertz CT molecular complexity index is 1470. The summed E-state index contributed by atoms with van der Waals surface area (Å²) in [6.45, 7) is 10.4. The van der Waals surface area contributed by atoms with Crippen molar-refractivity contribution >= 4 is 34.8 Å². The largest absolute Gasteiger partial charge is 0.379 e. The van der Waals surface area contributed by atoms with E-state index in [0.29, 0.717) is 32.2 Å². The SMILES string of the molecule is CCC(C)C(C(CC(=O)N1CCCC1C(OC)C(C)C(=O)NC(Cc1ccccc1)c1nccs1)OC)N(C)C(=O)C(CC(=O)C1(N)CC1)C(C)C. The first-order valence-electron chi connectivity index (χ1n) is 18.9. The molecular weight excluding hydrogens is 679 g/mol. The second kappa shape index (κ2) is 18.7. The normalized spacial score (nSPS) is 20.7. The molecule has 1 aromatic carbocycles. The molecule has 2 aliphatic rings. The van der Waals surface area contributed by atoms with Crippen molar-refractivity contribution in [1.82, 2.24) is 20.1 Å². The zero-order valence-corrected chi connectivity index (χ0v) is 33.2. The molecule has 2 fully saturated rings. The first kappa shape index (κ1) is 41.6. The van der Waals surface area contributed by atoms with Crippen molar-refractivity contribution in [2.45, 2.75) is 122 Å². The number of carbonyl (C=O) groups is 4. The van der Waals surface area contributed by atoms with E-state index in [1.54, 1.807) is 32.4 Å². The first-order chi connectivity index (χ1) is 24.8. The van der Waals surface area contributed by atoms with Gasteiger partial charge in [0.25, 0.3) is 0 Å². The number of nitrogens with one attached hydrogen (secondary N) is 1. The summed E-state index contributed by atoms with van der Waals surface area (Å²) in [5, 5.41) is 5.97. The molecule has 8 atom stereocenters. The van der Waals surface area contributed by atoms with Gasteiger partial charge in [0.05, 0.1) is 48.2 Å². The predicted octanol–water partition coefficient (Wildman–Crippen LogP) is 5.19. The van der Waals surface area contributed by atoms with Crippen LogP contribution in [-0.4, -0.2) is 95.9 Å². The number of rotatable bonds is 20. The minimum absolute atomic E-state index is 0.0194. The van der Waals surface area contributed by atoms with Gasteiger partial charge >= 0.3 is 0 Å². The maximum Gasteiger partial charge on any atom is 0.226 e. The summed E-state index contributed by atoms with van der Waals surface area (Å²) < 4.78 is 12.0. The van der Waals surface area contributed by atoms with Gasteiger partial charge in [-0.3, -0.25) is 19.2 Å². The van der Waals surface area contributed by atoms with Crippen LogP contribution in [0.1, 0.15) is 96.2 Å². The minimum atomic E-state index is -0.792. The highest BCUT2D eigenvalue weighted by Gasteiger charge is 2.48. The van der Waals surface area contributed by atoms with Gasteiger partial charge in [0.2, 0.25) is 17.7 Å². The quantitative estimate of drug-likeness (QED) is 0.189. The van der Waals surface area contributed by atoms with E-state index in [9.17, 15) is 19.2 Å². The Morgan fingerprint density at radius 2 is 1.77 bits per heavy atom. The van der Waals surface area contributed by atoms with E-state index in [1.807, 2.05) is 61.4 Å². The summed E-state index contributed by atoms with van der Waals surface area (Å²) in [5.41, 5.74) is 6.51. The fourth-order valence-electron chi connectivity index (χ4n) is 7.75. The van der Waals surface area contributed by atoms with Gasteiger partial charge < -0.3 is 30.3 Å². The lowest BCUT2D eigenvalue weighted by Gasteiger charge is -2.40. The molecule has 288 valence electrons. The Morgan fingerprint density at radius 3 is 2.33 bits per heavy atom. The van der Waals surface area contributed by atoms with E-state index in [4.69, 9.17) is 15.2 Å². The lowest BCUT2D eigenvalue weighted by Crippen LogP contribution is -2.54. The van der Waals surface area contributed by atoms with Gasteiger partial charge in [0, 0.05) is 51.7 Å². The number of Topliss-reactive ketones (excluding diaryl/α,β-unsaturated/α-hetero) is 1. The zero-order chi connectivity index (χ0) is 38.2. The van der Waals surface area contributed by atoms with Crippen molar-refractivity contribution < 1.29 is 28.7 Å². The summed E-state index contributed by atoms with van der Waals surface area (Å²) in [4.78, 5) is 63.2. The van der Waals surface area contributed by atoms with Gasteiger partial charge in [0.1, 0.15) is 5.01 Å². The third kappa shape index (κ3) is 10.1. The van der Waals surface area contributed by atoms with Gasteiger partial charge in [-0.25, -0.2) is 4.98 Å². The third-order valence-corrected chi connectivity index (χ3v) is 12.4. The molecule has 12 heteroatoms. The van der Waals surface area contributed by atoms with Gasteiger partial charge in [-0.2, -0.15) is 0 Å². The number of benzene rings is 1. The second-order valence-electron chi connectivity index (χ2n) is 15.3. The van der Waals surface area contributed by atoms with Crippen molar-refractivity contribution in [3.05, 3.63) is 52.5 Å². The number of ether oxygens (including phenoxy) is 2. The maximum atomic E-state index is 14.2. The van der Waals surface area contributed by atoms with Crippen LogP contribution in [0.3, 0.4) is 0 Å². The molecule has 4 rings (SSSR count). The van der Waals surface area contributed by atoms with Crippen molar-refractivity contribution in [3.8, 4) is 0 Å². The fourth-order valence-corrected chi connectivity index (χ4v) is 8.44. The number of amides is 3. The molecule has 0 spiro atoms. The molecule has 3 amide bonds. The molecule has 11 nitrogen and oxygen atoms in total. The van der Waals surface area contributed by atoms with E-state index in [1.165, 1.54) is 11.3 Å². The number of aromatic nitrogens is 1. The Kier molecular flexibility index (Phi) is 15.0. The molecule has 1 saturated heterocycles. The number of ketones is 1. The molecule has 52 heavy (non-hydrogen) atoms. The Labute approximate surface area is 314 Å². The summed E-state index contributed by atoms with van der Waals surface area (Å²) in [6, 6.07) is 9.02. The molecule has 3 N–H and O–H groups in total. The van der Waals surface area contributed by atoms with Crippen molar-refractivity contribution in [1.29, 1.82) is 0 Å². The topological polar surface area (TPSA) is 144 Å². The van der Waals surface area contributed by atoms with E-state index in [0.717, 1.165) is 23.4 Å². The van der Waals surface area contributed by atoms with Gasteiger partial charge in [0.15, 0.2) is 5.78 Å². The summed E-state index contributed by atoms with van der Waals surface area (Å²) in [7, 11) is 4.95. The van der Waals surface area contributed by atoms with Crippen LogP contribution in [0.4, 0.5) is 0 Å². The maximum absolute atomic E-state index is 14.2. The highest BCUT2D eigenvalue weighted by molar-refractivity contribution is 7.09. The van der Waals surface area contributed by atoms with Crippen molar-refractivity contribution in [2.24, 2.45) is 29.4 Å². The second-order valence-corrected chi connectivity index (χ2v) is 16.3. The van der Waals surface area contributed by atoms with Gasteiger partial charge in [-0.15, -0.1) is 11.3 Å². The molecule has 1 aromatic heterocycles. The average Bonchev–Trinajstić information content (AvgIpc) is 3.48. The predicted molar refractivity (Wildman–Crippen MR) is 203 cm³/mol. The average molecular weight is 740 g/mol. The fraction of sp³-hybridized carbons (Fsp3) is 0.675. The van der Waals surface area contributed by atoms with Crippen molar-refractivity contribution in [3.63, 3.8) is 0 Å². The van der Waals surface area contributed by atoms with Crippen LogP contribution in [-0.2, 0) is 35.1 Å². The Balaban J connectivity index is 1.47.